The molecule has 182 valence electrons. The highest BCUT2D eigenvalue weighted by atomic mass is 16.7. The van der Waals surface area contributed by atoms with E-state index in [2.05, 4.69) is 76.2 Å². The van der Waals surface area contributed by atoms with Gasteiger partial charge in [-0.3, -0.25) is 4.79 Å². The second-order valence-corrected chi connectivity index (χ2v) is 10.9. The molecule has 2 spiro atoms. The first-order chi connectivity index (χ1) is 16.3. The fraction of sp³-hybridized carbons (Fsp3) is 0.552. The predicted octanol–water partition coefficient (Wildman–Crippen LogP) is 6.06. The normalized spacial score (nSPS) is 31.8. The minimum atomic E-state index is -0.604. The fourth-order valence-electron chi connectivity index (χ4n) is 5.40. The van der Waals surface area contributed by atoms with Gasteiger partial charge >= 0.3 is 0 Å². The number of hydrogen-bond donors (Lipinski definition) is 0. The topological polar surface area (TPSA) is 54.0 Å². The van der Waals surface area contributed by atoms with Gasteiger partial charge in [0.1, 0.15) is 0 Å². The first-order valence-electron chi connectivity index (χ1n) is 12.5. The summed E-state index contributed by atoms with van der Waals surface area (Å²) in [5.41, 5.74) is 3.36. The van der Waals surface area contributed by atoms with Crippen molar-refractivity contribution >= 4 is 5.78 Å². The van der Waals surface area contributed by atoms with Crippen LogP contribution in [0.4, 0.5) is 0 Å². The zero-order valence-corrected chi connectivity index (χ0v) is 20.7. The molecule has 0 N–H and O–H groups in total. The average molecular weight is 465 g/mol. The summed E-state index contributed by atoms with van der Waals surface area (Å²) in [6.07, 6.45) is 0.637. The van der Waals surface area contributed by atoms with Crippen molar-refractivity contribution in [1.82, 2.24) is 0 Å². The Kier molecular flexibility index (Phi) is 6.40. The Hall–Kier alpha value is -2.05. The van der Waals surface area contributed by atoms with E-state index in [0.717, 1.165) is 24.0 Å². The summed E-state index contributed by atoms with van der Waals surface area (Å²) in [5, 5.41) is 0. The zero-order chi connectivity index (χ0) is 23.9. The van der Waals surface area contributed by atoms with Crippen molar-refractivity contribution in [3.63, 3.8) is 0 Å². The molecule has 34 heavy (non-hydrogen) atoms. The van der Waals surface area contributed by atoms with Gasteiger partial charge in [-0.15, -0.1) is 0 Å². The maximum Gasteiger partial charge on any atom is 0.183 e. The molecule has 0 unspecified atom stereocenters. The highest BCUT2D eigenvalue weighted by Crippen LogP contribution is 2.52. The molecule has 2 aromatic rings. The molecule has 2 saturated heterocycles. The van der Waals surface area contributed by atoms with Crippen molar-refractivity contribution in [2.45, 2.75) is 65.0 Å². The second kappa shape index (κ2) is 9.19. The molecule has 0 aromatic heterocycles. The molecule has 0 radical (unpaired) electrons. The van der Waals surface area contributed by atoms with Gasteiger partial charge in [0.2, 0.25) is 0 Å². The summed E-state index contributed by atoms with van der Waals surface area (Å²) in [7, 11) is 0. The lowest BCUT2D eigenvalue weighted by Gasteiger charge is -2.40. The third-order valence-electron chi connectivity index (χ3n) is 7.84. The minimum absolute atomic E-state index is 0.169. The van der Waals surface area contributed by atoms with Gasteiger partial charge in [-0.05, 0) is 35.8 Å². The molecule has 0 bridgehead atoms. The van der Waals surface area contributed by atoms with Crippen molar-refractivity contribution in [1.29, 1.82) is 0 Å². The molecular weight excluding hydrogens is 428 g/mol. The summed E-state index contributed by atoms with van der Waals surface area (Å²) in [6.45, 7) is 10.2. The van der Waals surface area contributed by atoms with Crippen molar-refractivity contribution < 1.29 is 23.7 Å². The van der Waals surface area contributed by atoms with Crippen LogP contribution < -0.4 is 0 Å². The van der Waals surface area contributed by atoms with Crippen LogP contribution in [0.2, 0.25) is 0 Å². The van der Waals surface area contributed by atoms with Gasteiger partial charge in [0.25, 0.3) is 0 Å². The Morgan fingerprint density at radius 2 is 0.941 bits per heavy atom. The molecule has 1 saturated carbocycles. The quantitative estimate of drug-likeness (QED) is 0.550. The number of ketones is 1. The van der Waals surface area contributed by atoms with E-state index >= 15 is 0 Å². The number of hydrogen-bond acceptors (Lipinski definition) is 5. The summed E-state index contributed by atoms with van der Waals surface area (Å²) < 4.78 is 24.4. The van der Waals surface area contributed by atoms with Crippen molar-refractivity contribution in [2.75, 3.05) is 26.4 Å². The monoisotopic (exact) mass is 464 g/mol. The minimum Gasteiger partial charge on any atom is -0.347 e. The number of carbonyl (C=O) groups is 1. The molecule has 3 aliphatic rings. The van der Waals surface area contributed by atoms with Crippen LogP contribution in [0.1, 0.15) is 87.2 Å². The Bertz CT molecular complexity index is 910. The molecule has 5 nitrogen and oxygen atoms in total. The molecule has 2 aliphatic heterocycles. The summed E-state index contributed by atoms with van der Waals surface area (Å²) in [6, 6.07) is 16.7. The first kappa shape index (κ1) is 23.7. The maximum atomic E-state index is 13.7. The fourth-order valence-corrected chi connectivity index (χ4v) is 5.40. The predicted molar refractivity (Wildman–Crippen MR) is 129 cm³/mol. The van der Waals surface area contributed by atoms with E-state index in [1.165, 1.54) is 11.1 Å². The van der Waals surface area contributed by atoms with Gasteiger partial charge in [-0.2, -0.15) is 0 Å². The lowest BCUT2D eigenvalue weighted by Crippen LogP contribution is -2.50. The van der Waals surface area contributed by atoms with Crippen LogP contribution in [0.5, 0.6) is 0 Å². The van der Waals surface area contributed by atoms with E-state index < -0.39 is 23.4 Å². The van der Waals surface area contributed by atoms with Gasteiger partial charge in [-0.25, -0.2) is 0 Å². The Labute approximate surface area is 202 Å². The summed E-state index contributed by atoms with van der Waals surface area (Å²) in [5.74, 6) is 1.13. The van der Waals surface area contributed by atoms with Crippen LogP contribution in [0, 0.1) is 10.8 Å². The highest BCUT2D eigenvalue weighted by molar-refractivity contribution is 5.93. The Balaban J connectivity index is 1.20. The van der Waals surface area contributed by atoms with E-state index in [-0.39, 0.29) is 5.78 Å². The molecule has 0 atom stereocenters. The smallest absolute Gasteiger partial charge is 0.183 e. The van der Waals surface area contributed by atoms with Gasteiger partial charge in [0.15, 0.2) is 18.4 Å². The van der Waals surface area contributed by atoms with E-state index in [9.17, 15) is 4.79 Å². The first-order valence-corrected chi connectivity index (χ1v) is 12.5. The van der Waals surface area contributed by atoms with Crippen LogP contribution in [0.25, 0.3) is 0 Å². The van der Waals surface area contributed by atoms with Crippen LogP contribution in [0.15, 0.2) is 48.5 Å². The van der Waals surface area contributed by atoms with Gasteiger partial charge in [0, 0.05) is 11.1 Å². The standard InChI is InChI=1S/C29H36O5/c1-19(2)21-5-9-23(10-6-21)25-31-15-28(16-32-25)13-14-29(27(28)30)17-33-26(34-18-29)24-11-7-22(8-12-24)20(3)4/h5-12,19-20,25-26H,13-18H2,1-4H3. The lowest BCUT2D eigenvalue weighted by atomic mass is 9.78. The molecular formula is C29H36O5. The molecule has 3 fully saturated rings. The molecule has 0 amide bonds. The average Bonchev–Trinajstić information content (AvgIpc) is 3.11. The number of ether oxygens (including phenoxy) is 4. The van der Waals surface area contributed by atoms with Crippen molar-refractivity contribution in [3.8, 4) is 0 Å². The lowest BCUT2D eigenvalue weighted by molar-refractivity contribution is -0.240. The van der Waals surface area contributed by atoms with Crippen LogP contribution >= 0.6 is 0 Å². The molecule has 2 heterocycles. The third-order valence-corrected chi connectivity index (χ3v) is 7.84. The molecule has 1 aliphatic carbocycles. The Morgan fingerprint density at radius 1 is 0.618 bits per heavy atom. The zero-order valence-electron chi connectivity index (χ0n) is 20.7. The van der Waals surface area contributed by atoms with E-state index in [1.54, 1.807) is 0 Å². The maximum absolute atomic E-state index is 13.7. The van der Waals surface area contributed by atoms with E-state index in [4.69, 9.17) is 18.9 Å². The van der Waals surface area contributed by atoms with Crippen LogP contribution in [0.3, 0.4) is 0 Å². The van der Waals surface area contributed by atoms with Gasteiger partial charge < -0.3 is 18.9 Å². The largest absolute Gasteiger partial charge is 0.347 e. The van der Waals surface area contributed by atoms with E-state index in [0.29, 0.717) is 38.3 Å². The van der Waals surface area contributed by atoms with Crippen molar-refractivity contribution in [2.24, 2.45) is 10.8 Å². The Morgan fingerprint density at radius 3 is 1.24 bits per heavy atom. The molecule has 2 aromatic carbocycles. The number of rotatable bonds is 4. The van der Waals surface area contributed by atoms with Gasteiger partial charge in [-0.1, -0.05) is 76.2 Å². The third kappa shape index (κ3) is 4.24. The van der Waals surface area contributed by atoms with Crippen LogP contribution in [-0.4, -0.2) is 32.2 Å². The molecule has 5 heteroatoms. The number of benzene rings is 2. The summed E-state index contributed by atoms with van der Waals surface area (Å²) >= 11 is 0. The SMILES string of the molecule is CC(C)c1ccc(C2OCC3(CCC4(COC(c5ccc(C(C)C)cc5)OC4)C3=O)CO2)cc1. The number of Topliss-reactive ketones (excluding diaryl/α,β-unsaturated/α-hetero) is 1. The molecule has 5 rings (SSSR count). The van der Waals surface area contributed by atoms with Gasteiger partial charge in [0.05, 0.1) is 37.3 Å². The summed E-state index contributed by atoms with van der Waals surface area (Å²) in [4.78, 5) is 13.7. The van der Waals surface area contributed by atoms with Crippen molar-refractivity contribution in [3.05, 3.63) is 70.8 Å². The van der Waals surface area contributed by atoms with Crippen LogP contribution in [-0.2, 0) is 23.7 Å². The number of carbonyl (C=O) groups excluding carboxylic acids is 1. The highest BCUT2D eigenvalue weighted by Gasteiger charge is 2.60. The second-order valence-electron chi connectivity index (χ2n) is 10.9. The van der Waals surface area contributed by atoms with E-state index in [1.807, 2.05) is 0 Å².